The molecule has 0 spiro atoms. The van der Waals surface area contributed by atoms with Crippen molar-refractivity contribution in [2.75, 3.05) is 25.9 Å². The number of fused-ring (bicyclic) bond motifs is 4. The maximum Gasteiger partial charge on any atom is 0.453 e. The average molecular weight is 1060 g/mol. The third-order valence-corrected chi connectivity index (χ3v) is 16.1. The third kappa shape index (κ3) is 10.8. The molecular formula is C56H63IN2O7P2. The Morgan fingerprint density at radius 3 is 1.74 bits per heavy atom. The third-order valence-electron chi connectivity index (χ3n) is 12.5. The Morgan fingerprint density at radius 2 is 1.15 bits per heavy atom. The molecule has 7 aromatic rings. The van der Waals surface area contributed by atoms with Crippen molar-refractivity contribution >= 4 is 72.8 Å². The van der Waals surface area contributed by atoms with Crippen molar-refractivity contribution < 1.29 is 31.7 Å². The molecule has 1 aliphatic rings. The molecule has 0 fully saturated rings. The molecule has 2 heterocycles. The van der Waals surface area contributed by atoms with E-state index in [2.05, 4.69) is 123 Å². The molecule has 356 valence electrons. The van der Waals surface area contributed by atoms with Gasteiger partial charge in [0.05, 0.1) is 35.6 Å². The standard InChI is InChI=1S/C56H63IN2O7P2/c1-9-12-22-40-27-37(4)28-43(31-44-29-38(5)30-50(57)55(44)63-67-58(6)51-26-19-18-25-47(51)56(60)59(67)36-39-20-16-15-17-21-39)52(40)64-68-65-53-41(23-13-10-2)32-45(61-7)34-48(53)49-35-46(62-8)33-42(24-14-11-3)54(49)66-68/h15-21,25-30,32-35H,9-14,22-24,31,36H2,1-8H3. The molecule has 0 N–H and O–H groups in total. The molecule has 0 saturated heterocycles. The maximum atomic E-state index is 14.4. The number of hydrogen-bond acceptors (Lipinski definition) is 8. The average Bonchev–Trinajstić information content (AvgIpc) is 3.50. The molecule has 68 heavy (non-hydrogen) atoms. The first-order valence-electron chi connectivity index (χ1n) is 23.9. The predicted molar refractivity (Wildman–Crippen MR) is 288 cm³/mol. The lowest BCUT2D eigenvalue weighted by Crippen LogP contribution is -2.38. The van der Waals surface area contributed by atoms with E-state index in [4.69, 9.17) is 26.9 Å². The number of amides is 1. The summed E-state index contributed by atoms with van der Waals surface area (Å²) < 4.78 is 45.7. The van der Waals surface area contributed by atoms with E-state index in [9.17, 15) is 4.79 Å². The van der Waals surface area contributed by atoms with E-state index in [0.29, 0.717) is 18.5 Å². The number of hydrogen-bond donors (Lipinski definition) is 0. The number of nitrogens with zero attached hydrogens (tertiary/aromatic N) is 2. The van der Waals surface area contributed by atoms with Gasteiger partial charge < -0.3 is 31.6 Å². The fraction of sp³-hybridized carbons (Fsp3) is 0.339. The summed E-state index contributed by atoms with van der Waals surface area (Å²) in [7, 11) is 1.79. The Labute approximate surface area is 417 Å². The minimum atomic E-state index is -2.03. The monoisotopic (exact) mass is 1060 g/mol. The molecule has 12 heteroatoms. The molecule has 1 atom stereocenters. The van der Waals surface area contributed by atoms with Crippen LogP contribution in [0.4, 0.5) is 5.69 Å². The number of halogens is 1. The summed E-state index contributed by atoms with van der Waals surface area (Å²) >= 11 is 2.40. The molecule has 0 bridgehead atoms. The number of aryl methyl sites for hydroxylation is 5. The van der Waals surface area contributed by atoms with Crippen LogP contribution >= 0.6 is 39.3 Å². The fourth-order valence-electron chi connectivity index (χ4n) is 9.01. The van der Waals surface area contributed by atoms with Crippen LogP contribution < -0.4 is 23.2 Å². The molecule has 0 saturated carbocycles. The first-order valence-corrected chi connectivity index (χ1v) is 27.2. The van der Waals surface area contributed by atoms with Gasteiger partial charge >= 0.3 is 16.7 Å². The molecule has 0 radical (unpaired) electrons. The summed E-state index contributed by atoms with van der Waals surface area (Å²) in [5.74, 6) is 3.00. The first-order chi connectivity index (χ1) is 33.0. The molecule has 0 aliphatic carbocycles. The van der Waals surface area contributed by atoms with Crippen LogP contribution in [0.25, 0.3) is 21.9 Å². The smallest absolute Gasteiger partial charge is 0.453 e. The van der Waals surface area contributed by atoms with Crippen LogP contribution in [0.15, 0.2) is 112 Å². The van der Waals surface area contributed by atoms with Gasteiger partial charge in [0.25, 0.3) is 5.91 Å². The van der Waals surface area contributed by atoms with Crippen molar-refractivity contribution in [3.8, 4) is 23.0 Å². The molecule has 9 nitrogen and oxygen atoms in total. The summed E-state index contributed by atoms with van der Waals surface area (Å²) in [6, 6.07) is 35.1. The van der Waals surface area contributed by atoms with Crippen LogP contribution in [0.1, 0.15) is 114 Å². The molecule has 1 aliphatic heterocycles. The SMILES string of the molecule is CCCCc1cc(C)cc(Cc2cc(C)cc(I)c2OP2N(Cc3ccccc3)C(=O)c3ccccc3N2C)c1Op1oc2c(CCCC)cc(OC)cc2c2cc(OC)cc(CCCC)c2o1. The van der Waals surface area contributed by atoms with Crippen LogP contribution in [-0.2, 0) is 32.2 Å². The van der Waals surface area contributed by atoms with Gasteiger partial charge in [-0.2, -0.15) is 0 Å². The number of carbonyl (C=O) groups is 1. The Bertz CT molecular complexity index is 2880. The summed E-state index contributed by atoms with van der Waals surface area (Å²) in [4.78, 5) is 14.4. The van der Waals surface area contributed by atoms with E-state index in [1.165, 1.54) is 0 Å². The largest absolute Gasteiger partial charge is 0.497 e. The fourth-order valence-corrected chi connectivity index (χ4v) is 13.2. The number of ether oxygens (including phenoxy) is 2. The highest BCUT2D eigenvalue weighted by molar-refractivity contribution is 14.1. The minimum absolute atomic E-state index is 0.0475. The summed E-state index contributed by atoms with van der Waals surface area (Å²) in [6.45, 7) is 11.3. The molecule has 1 aromatic heterocycles. The summed E-state index contributed by atoms with van der Waals surface area (Å²) in [6.07, 6.45) is 9.02. The van der Waals surface area contributed by atoms with Crippen molar-refractivity contribution in [1.82, 2.24) is 4.67 Å². The van der Waals surface area contributed by atoms with Crippen molar-refractivity contribution in [2.24, 2.45) is 0 Å². The van der Waals surface area contributed by atoms with Gasteiger partial charge in [-0.3, -0.25) is 9.46 Å². The maximum absolute atomic E-state index is 14.4. The van der Waals surface area contributed by atoms with E-state index in [1.54, 1.807) is 14.2 Å². The second-order valence-electron chi connectivity index (χ2n) is 17.7. The van der Waals surface area contributed by atoms with Crippen LogP contribution in [0.5, 0.6) is 23.0 Å². The molecular weight excluding hydrogens is 1000 g/mol. The van der Waals surface area contributed by atoms with Gasteiger partial charge in [0.1, 0.15) is 34.2 Å². The van der Waals surface area contributed by atoms with Crippen molar-refractivity contribution in [3.63, 3.8) is 0 Å². The predicted octanol–water partition coefficient (Wildman–Crippen LogP) is 16.4. The second kappa shape index (κ2) is 22.5. The molecule has 1 amide bonds. The molecule has 6 aromatic carbocycles. The molecule has 8 rings (SSSR count). The Hall–Kier alpha value is -5.15. The lowest BCUT2D eigenvalue weighted by molar-refractivity contribution is 0.0847. The first kappa shape index (κ1) is 49.3. The van der Waals surface area contributed by atoms with Gasteiger partial charge in [-0.1, -0.05) is 106 Å². The summed E-state index contributed by atoms with van der Waals surface area (Å²) in [5.41, 5.74) is 11.5. The number of benzene rings is 6. The van der Waals surface area contributed by atoms with E-state index < -0.39 is 16.7 Å². The van der Waals surface area contributed by atoms with E-state index in [-0.39, 0.29) is 5.91 Å². The number of carbonyl (C=O) groups excluding carboxylic acids is 1. The zero-order valence-electron chi connectivity index (χ0n) is 40.6. The summed E-state index contributed by atoms with van der Waals surface area (Å²) in [5, 5.41) is 1.80. The highest BCUT2D eigenvalue weighted by Crippen LogP contribution is 2.55. The van der Waals surface area contributed by atoms with Gasteiger partial charge in [-0.05, 0) is 145 Å². The van der Waals surface area contributed by atoms with Crippen LogP contribution in [0.3, 0.4) is 0 Å². The van der Waals surface area contributed by atoms with Gasteiger partial charge in [0.15, 0.2) is 0 Å². The van der Waals surface area contributed by atoms with Crippen LogP contribution in [0.2, 0.25) is 0 Å². The van der Waals surface area contributed by atoms with E-state index in [1.807, 2.05) is 54.2 Å². The lowest BCUT2D eigenvalue weighted by atomic mass is 9.95. The number of rotatable bonds is 19. The van der Waals surface area contributed by atoms with E-state index in [0.717, 1.165) is 156 Å². The van der Waals surface area contributed by atoms with Crippen molar-refractivity contribution in [2.45, 2.75) is 105 Å². The van der Waals surface area contributed by atoms with Gasteiger partial charge in [0, 0.05) is 35.4 Å². The van der Waals surface area contributed by atoms with Crippen molar-refractivity contribution in [1.29, 1.82) is 0 Å². The van der Waals surface area contributed by atoms with Gasteiger partial charge in [-0.25, -0.2) is 0 Å². The van der Waals surface area contributed by atoms with Gasteiger partial charge in [0.2, 0.25) is 0 Å². The highest BCUT2D eigenvalue weighted by atomic mass is 127. The number of anilines is 1. The van der Waals surface area contributed by atoms with Crippen LogP contribution in [0, 0.1) is 17.4 Å². The number of methoxy groups -OCH3 is 2. The van der Waals surface area contributed by atoms with Gasteiger partial charge in [-0.15, -0.1) is 0 Å². The second-order valence-corrected chi connectivity index (χ2v) is 21.6. The normalized spacial score (nSPS) is 13.5. The van der Waals surface area contributed by atoms with E-state index >= 15 is 0 Å². The minimum Gasteiger partial charge on any atom is -0.497 e. The quantitative estimate of drug-likeness (QED) is 0.0585. The Balaban J connectivity index is 1.29. The van der Waals surface area contributed by atoms with Crippen LogP contribution in [-0.4, -0.2) is 31.8 Å². The number of unbranched alkanes of at least 4 members (excludes halogenated alkanes) is 3. The number of para-hydroxylation sites is 1. The zero-order valence-corrected chi connectivity index (χ0v) is 44.6. The Morgan fingerprint density at radius 1 is 0.618 bits per heavy atom. The zero-order chi connectivity index (χ0) is 47.9. The topological polar surface area (TPSA) is 86.8 Å². The highest BCUT2D eigenvalue weighted by Gasteiger charge is 2.40. The Kier molecular flexibility index (Phi) is 16.3. The van der Waals surface area contributed by atoms with Crippen molar-refractivity contribution in [3.05, 3.63) is 157 Å². The molecule has 1 unspecified atom stereocenters. The lowest BCUT2D eigenvalue weighted by Gasteiger charge is -2.41.